The lowest BCUT2D eigenvalue weighted by molar-refractivity contribution is 0.0586. The summed E-state index contributed by atoms with van der Waals surface area (Å²) in [4.78, 5) is 0. The molecule has 0 aromatic heterocycles. The molecule has 2 fully saturated rings. The molecular weight excluding hydrogens is 282 g/mol. The number of phenolic OH excluding ortho intramolecular Hbond substituents is 1. The van der Waals surface area contributed by atoms with Gasteiger partial charge in [0.05, 0.1) is 0 Å². The van der Waals surface area contributed by atoms with E-state index in [2.05, 4.69) is 19.6 Å². The molecule has 0 radical (unpaired) electrons. The van der Waals surface area contributed by atoms with Crippen LogP contribution in [0.3, 0.4) is 0 Å². The van der Waals surface area contributed by atoms with E-state index in [4.69, 9.17) is 5.73 Å². The maximum atomic E-state index is 9.91. The van der Waals surface area contributed by atoms with Crippen LogP contribution in [0.25, 0.3) is 0 Å². The molecule has 23 heavy (non-hydrogen) atoms. The largest absolute Gasteiger partial charge is 0.508 e. The van der Waals surface area contributed by atoms with Crippen molar-refractivity contribution in [3.63, 3.8) is 0 Å². The van der Waals surface area contributed by atoms with Gasteiger partial charge in [-0.25, -0.2) is 0 Å². The summed E-state index contributed by atoms with van der Waals surface area (Å²) in [7, 11) is 0. The van der Waals surface area contributed by atoms with Gasteiger partial charge < -0.3 is 10.8 Å². The first kappa shape index (κ1) is 15.3. The molecule has 1 aromatic carbocycles. The van der Waals surface area contributed by atoms with Crippen LogP contribution in [0.5, 0.6) is 5.75 Å². The average molecular weight is 311 g/mol. The van der Waals surface area contributed by atoms with Crippen LogP contribution in [0.2, 0.25) is 0 Å². The second-order valence-corrected chi connectivity index (χ2v) is 8.05. The molecule has 2 saturated carbocycles. The van der Waals surface area contributed by atoms with Gasteiger partial charge in [0.1, 0.15) is 5.75 Å². The number of aromatic hydroxyl groups is 1. The Morgan fingerprint density at radius 1 is 1.30 bits per heavy atom. The van der Waals surface area contributed by atoms with Crippen LogP contribution >= 0.6 is 0 Å². The second kappa shape index (κ2) is 5.37. The number of hydrogen-bond donors (Lipinski definition) is 2. The molecule has 2 heteroatoms. The number of rotatable bonds is 2. The zero-order chi connectivity index (χ0) is 16.2. The number of fused-ring (bicyclic) bond motifs is 5. The van der Waals surface area contributed by atoms with Gasteiger partial charge in [0, 0.05) is 0 Å². The Balaban J connectivity index is 1.77. The first-order valence-corrected chi connectivity index (χ1v) is 9.32. The topological polar surface area (TPSA) is 46.2 Å². The highest BCUT2D eigenvalue weighted by Crippen LogP contribution is 2.65. The van der Waals surface area contributed by atoms with Gasteiger partial charge >= 0.3 is 0 Å². The third kappa shape index (κ3) is 2.04. The van der Waals surface area contributed by atoms with Gasteiger partial charge in [-0.3, -0.25) is 0 Å². The predicted molar refractivity (Wildman–Crippen MR) is 94.6 cm³/mol. The molecule has 0 aliphatic heterocycles. The van der Waals surface area contributed by atoms with Crippen molar-refractivity contribution in [3.8, 4) is 5.75 Å². The molecule has 0 saturated heterocycles. The monoisotopic (exact) mass is 311 g/mol. The minimum Gasteiger partial charge on any atom is -0.508 e. The molecule has 1 aromatic rings. The second-order valence-electron chi connectivity index (χ2n) is 8.05. The van der Waals surface area contributed by atoms with Crippen molar-refractivity contribution in [3.05, 3.63) is 41.5 Å². The maximum Gasteiger partial charge on any atom is 0.115 e. The smallest absolute Gasteiger partial charge is 0.115 e. The summed E-state index contributed by atoms with van der Waals surface area (Å²) < 4.78 is 0. The molecule has 3 aliphatic rings. The molecule has 124 valence electrons. The first-order valence-electron chi connectivity index (χ1n) is 9.32. The molecule has 0 amide bonds. The number of nitrogens with two attached hydrogens (primary N) is 1. The van der Waals surface area contributed by atoms with Gasteiger partial charge in [-0.2, -0.15) is 0 Å². The van der Waals surface area contributed by atoms with Crippen molar-refractivity contribution in [2.75, 3.05) is 6.54 Å². The van der Waals surface area contributed by atoms with Crippen LogP contribution in [0.1, 0.15) is 68.4 Å². The van der Waals surface area contributed by atoms with E-state index in [1.165, 1.54) is 55.2 Å². The molecule has 0 spiro atoms. The van der Waals surface area contributed by atoms with E-state index < -0.39 is 0 Å². The molecule has 0 heterocycles. The Bertz CT molecular complexity index is 637. The van der Waals surface area contributed by atoms with E-state index in [9.17, 15) is 5.11 Å². The molecule has 5 unspecified atom stereocenters. The summed E-state index contributed by atoms with van der Waals surface area (Å²) in [5.74, 6) is 2.97. The Kier molecular flexibility index (Phi) is 3.57. The third-order valence-corrected chi connectivity index (χ3v) is 7.49. The van der Waals surface area contributed by atoms with Crippen molar-refractivity contribution < 1.29 is 5.11 Å². The Labute approximate surface area is 139 Å². The number of allylic oxidation sites excluding steroid dienone is 1. The molecule has 2 nitrogen and oxygen atoms in total. The van der Waals surface area contributed by atoms with Crippen LogP contribution in [0.4, 0.5) is 0 Å². The Morgan fingerprint density at radius 2 is 2.13 bits per heavy atom. The first-order chi connectivity index (χ1) is 11.1. The lowest BCUT2D eigenvalue weighted by Gasteiger charge is -2.52. The SMILES string of the molecule is C=C1CCC2C3CC(CN)c4cc(O)ccc4C3CCC12CC. The molecule has 0 bridgehead atoms. The molecule has 5 atom stereocenters. The van der Waals surface area contributed by atoms with Gasteiger partial charge in [0.25, 0.3) is 0 Å². The van der Waals surface area contributed by atoms with Crippen molar-refractivity contribution in [1.82, 2.24) is 0 Å². The van der Waals surface area contributed by atoms with E-state index in [0.29, 0.717) is 29.5 Å². The average Bonchev–Trinajstić information content (AvgIpc) is 2.91. The highest BCUT2D eigenvalue weighted by atomic mass is 16.3. The fourth-order valence-electron chi connectivity index (χ4n) is 6.35. The summed E-state index contributed by atoms with van der Waals surface area (Å²) in [6.07, 6.45) is 7.54. The highest BCUT2D eigenvalue weighted by molar-refractivity contribution is 5.43. The van der Waals surface area contributed by atoms with Crippen LogP contribution in [-0.4, -0.2) is 11.7 Å². The van der Waals surface area contributed by atoms with Crippen LogP contribution in [-0.2, 0) is 0 Å². The fraction of sp³-hybridized carbons (Fsp3) is 0.619. The molecule has 3 N–H and O–H groups in total. The normalized spacial score (nSPS) is 38.8. The van der Waals surface area contributed by atoms with Crippen molar-refractivity contribution in [2.24, 2.45) is 23.0 Å². The van der Waals surface area contributed by atoms with E-state index in [0.717, 1.165) is 11.8 Å². The summed E-state index contributed by atoms with van der Waals surface area (Å²) in [5.41, 5.74) is 10.8. The van der Waals surface area contributed by atoms with Crippen LogP contribution in [0, 0.1) is 17.3 Å². The lowest BCUT2D eigenvalue weighted by Crippen LogP contribution is -2.43. The van der Waals surface area contributed by atoms with E-state index >= 15 is 0 Å². The molecule has 3 aliphatic carbocycles. The third-order valence-electron chi connectivity index (χ3n) is 7.49. The standard InChI is InChI=1S/C21H29NO/c1-3-21-9-8-17-16-6-5-15(23)11-18(16)14(12-22)10-19(17)20(21)7-4-13(21)2/h5-6,11,14,17,19-20,23H,2-4,7-10,12,22H2,1H3. The van der Waals surface area contributed by atoms with Crippen molar-refractivity contribution >= 4 is 0 Å². The Hall–Kier alpha value is -1.28. The van der Waals surface area contributed by atoms with Gasteiger partial charge in [-0.05, 0) is 97.4 Å². The number of phenols is 1. The lowest BCUT2D eigenvalue weighted by atomic mass is 9.52. The van der Waals surface area contributed by atoms with Crippen molar-refractivity contribution in [1.29, 1.82) is 0 Å². The molecule has 4 rings (SSSR count). The van der Waals surface area contributed by atoms with Crippen molar-refractivity contribution in [2.45, 2.75) is 57.3 Å². The zero-order valence-electron chi connectivity index (χ0n) is 14.2. The van der Waals surface area contributed by atoms with Gasteiger partial charge in [-0.15, -0.1) is 0 Å². The van der Waals surface area contributed by atoms with Crippen LogP contribution in [0.15, 0.2) is 30.4 Å². The minimum absolute atomic E-state index is 0.383. The number of hydrogen-bond acceptors (Lipinski definition) is 2. The summed E-state index contributed by atoms with van der Waals surface area (Å²) in [5, 5.41) is 9.91. The summed E-state index contributed by atoms with van der Waals surface area (Å²) >= 11 is 0. The summed E-state index contributed by atoms with van der Waals surface area (Å²) in [6, 6.07) is 6.01. The number of benzene rings is 1. The highest BCUT2D eigenvalue weighted by Gasteiger charge is 2.54. The maximum absolute atomic E-state index is 9.91. The van der Waals surface area contributed by atoms with E-state index in [1.54, 1.807) is 0 Å². The zero-order valence-corrected chi connectivity index (χ0v) is 14.2. The van der Waals surface area contributed by atoms with Crippen LogP contribution < -0.4 is 5.73 Å². The van der Waals surface area contributed by atoms with E-state index in [-0.39, 0.29) is 0 Å². The minimum atomic E-state index is 0.383. The predicted octanol–water partition coefficient (Wildman–Crippen LogP) is 4.69. The summed E-state index contributed by atoms with van der Waals surface area (Å²) in [6.45, 7) is 7.50. The molecular formula is C21H29NO. The van der Waals surface area contributed by atoms with Gasteiger partial charge in [0.15, 0.2) is 0 Å². The van der Waals surface area contributed by atoms with Gasteiger partial charge in [0.2, 0.25) is 0 Å². The van der Waals surface area contributed by atoms with E-state index in [1.807, 2.05) is 12.1 Å². The van der Waals surface area contributed by atoms with Gasteiger partial charge in [-0.1, -0.05) is 25.1 Å². The fourth-order valence-corrected chi connectivity index (χ4v) is 6.35. The Morgan fingerprint density at radius 3 is 2.87 bits per heavy atom. The quantitative estimate of drug-likeness (QED) is 0.778.